The Morgan fingerprint density at radius 1 is 1.12 bits per heavy atom. The lowest BCUT2D eigenvalue weighted by molar-refractivity contribution is -0.148. The molecule has 2 rings (SSSR count). The number of carbonyl (C=O) groups is 3. The molecule has 1 atom stereocenters. The summed E-state index contributed by atoms with van der Waals surface area (Å²) in [6.07, 6.45) is 6.31. The van der Waals surface area contributed by atoms with Crippen LogP contribution in [-0.2, 0) is 19.9 Å². The van der Waals surface area contributed by atoms with E-state index in [1.807, 2.05) is 0 Å². The van der Waals surface area contributed by atoms with Gasteiger partial charge in [0.15, 0.2) is 5.54 Å². The van der Waals surface area contributed by atoms with Gasteiger partial charge in [-0.25, -0.2) is 4.79 Å². The Balaban J connectivity index is 1.89. The summed E-state index contributed by atoms with van der Waals surface area (Å²) < 4.78 is 0. The molecule has 26 heavy (non-hydrogen) atoms. The van der Waals surface area contributed by atoms with Gasteiger partial charge in [-0.05, 0) is 24.3 Å². The van der Waals surface area contributed by atoms with Crippen LogP contribution in [0.3, 0.4) is 0 Å². The third-order valence-electron chi connectivity index (χ3n) is 5.22. The monoisotopic (exact) mass is 360 g/mol. The highest BCUT2D eigenvalue weighted by Crippen LogP contribution is 2.28. The first-order valence-electron chi connectivity index (χ1n) is 9.34. The molecule has 3 N–H and O–H groups in total. The maximum Gasteiger partial charge on any atom is 0.334 e. The number of carboxylic acid groups (broad SMARTS) is 1. The lowest BCUT2D eigenvalue weighted by atomic mass is 9.87. The standard InChI is InChI=1S/C20H28N2O4/c1-2-20(19(25)26,16-10-4-3-5-11-16)22-18(24)14-21-17(23)13-12-15-8-6-7-9-15/h3-5,10-11,15H,2,6-9,12-14H2,1H3,(H,21,23)(H,22,24)(H,25,26). The van der Waals surface area contributed by atoms with Crippen molar-refractivity contribution in [2.75, 3.05) is 6.54 Å². The zero-order chi connectivity index (χ0) is 19.0. The summed E-state index contributed by atoms with van der Waals surface area (Å²) in [6, 6.07) is 8.62. The van der Waals surface area contributed by atoms with Gasteiger partial charge in [-0.1, -0.05) is 62.9 Å². The number of benzene rings is 1. The summed E-state index contributed by atoms with van der Waals surface area (Å²) >= 11 is 0. The highest BCUT2D eigenvalue weighted by atomic mass is 16.4. The summed E-state index contributed by atoms with van der Waals surface area (Å²) in [5.41, 5.74) is -0.983. The Morgan fingerprint density at radius 3 is 2.35 bits per heavy atom. The summed E-state index contributed by atoms with van der Waals surface area (Å²) in [4.78, 5) is 36.1. The fourth-order valence-corrected chi connectivity index (χ4v) is 3.60. The van der Waals surface area contributed by atoms with Crippen molar-refractivity contribution in [3.05, 3.63) is 35.9 Å². The van der Waals surface area contributed by atoms with Crippen LogP contribution in [0.15, 0.2) is 30.3 Å². The van der Waals surface area contributed by atoms with Gasteiger partial charge in [0, 0.05) is 6.42 Å². The number of hydrogen-bond donors (Lipinski definition) is 3. The molecule has 0 aromatic heterocycles. The lowest BCUT2D eigenvalue weighted by Gasteiger charge is -2.30. The Morgan fingerprint density at radius 2 is 1.77 bits per heavy atom. The topological polar surface area (TPSA) is 95.5 Å². The molecule has 0 aliphatic heterocycles. The maximum atomic E-state index is 12.3. The fourth-order valence-electron chi connectivity index (χ4n) is 3.60. The molecule has 0 bridgehead atoms. The van der Waals surface area contributed by atoms with E-state index in [2.05, 4.69) is 10.6 Å². The largest absolute Gasteiger partial charge is 0.479 e. The van der Waals surface area contributed by atoms with E-state index in [-0.39, 0.29) is 18.9 Å². The molecule has 6 heteroatoms. The molecule has 1 aromatic rings. The molecule has 1 aliphatic rings. The van der Waals surface area contributed by atoms with Crippen molar-refractivity contribution in [3.63, 3.8) is 0 Å². The molecule has 0 saturated heterocycles. The van der Waals surface area contributed by atoms with Crippen LogP contribution in [0.4, 0.5) is 0 Å². The van der Waals surface area contributed by atoms with Gasteiger partial charge in [0.25, 0.3) is 0 Å². The number of nitrogens with one attached hydrogen (secondary N) is 2. The molecule has 6 nitrogen and oxygen atoms in total. The average molecular weight is 360 g/mol. The van der Waals surface area contributed by atoms with Crippen LogP contribution < -0.4 is 10.6 Å². The van der Waals surface area contributed by atoms with Crippen LogP contribution >= 0.6 is 0 Å². The first kappa shape index (κ1) is 19.9. The van der Waals surface area contributed by atoms with Gasteiger partial charge >= 0.3 is 5.97 Å². The van der Waals surface area contributed by atoms with Crippen molar-refractivity contribution in [1.82, 2.24) is 10.6 Å². The minimum atomic E-state index is -1.49. The van der Waals surface area contributed by atoms with Crippen molar-refractivity contribution < 1.29 is 19.5 Å². The van der Waals surface area contributed by atoms with Gasteiger partial charge in [0.05, 0.1) is 6.54 Å². The van der Waals surface area contributed by atoms with Gasteiger partial charge < -0.3 is 15.7 Å². The average Bonchev–Trinajstić information content (AvgIpc) is 3.17. The van der Waals surface area contributed by atoms with Crippen molar-refractivity contribution in [2.24, 2.45) is 5.92 Å². The van der Waals surface area contributed by atoms with Gasteiger partial charge in [-0.2, -0.15) is 0 Å². The quantitative estimate of drug-likeness (QED) is 0.631. The molecular weight excluding hydrogens is 332 g/mol. The molecule has 0 heterocycles. The van der Waals surface area contributed by atoms with Crippen molar-refractivity contribution >= 4 is 17.8 Å². The summed E-state index contributed by atoms with van der Waals surface area (Å²) in [7, 11) is 0. The Labute approximate surface area is 154 Å². The van der Waals surface area contributed by atoms with E-state index in [9.17, 15) is 19.5 Å². The second-order valence-corrected chi connectivity index (χ2v) is 6.94. The van der Waals surface area contributed by atoms with E-state index in [1.165, 1.54) is 25.7 Å². The first-order chi connectivity index (χ1) is 12.5. The van der Waals surface area contributed by atoms with Gasteiger partial charge in [-0.15, -0.1) is 0 Å². The summed E-state index contributed by atoms with van der Waals surface area (Å²) in [5.74, 6) is -1.17. The highest BCUT2D eigenvalue weighted by Gasteiger charge is 2.40. The third kappa shape index (κ3) is 5.07. The van der Waals surface area contributed by atoms with Crippen LogP contribution in [0.25, 0.3) is 0 Å². The molecule has 0 radical (unpaired) electrons. The molecule has 1 saturated carbocycles. The first-order valence-corrected chi connectivity index (χ1v) is 9.34. The number of carbonyl (C=O) groups excluding carboxylic acids is 2. The highest BCUT2D eigenvalue weighted by molar-refractivity contribution is 5.90. The Bertz CT molecular complexity index is 626. The van der Waals surface area contributed by atoms with Crippen LogP contribution in [0, 0.1) is 5.92 Å². The molecular formula is C20H28N2O4. The molecule has 142 valence electrons. The number of rotatable bonds is 9. The molecule has 1 aromatic carbocycles. The Hall–Kier alpha value is -2.37. The molecule has 0 spiro atoms. The number of aliphatic carboxylic acids is 1. The smallest absolute Gasteiger partial charge is 0.334 e. The lowest BCUT2D eigenvalue weighted by Crippen LogP contribution is -2.53. The van der Waals surface area contributed by atoms with E-state index < -0.39 is 17.4 Å². The van der Waals surface area contributed by atoms with Crippen LogP contribution in [0.5, 0.6) is 0 Å². The zero-order valence-electron chi connectivity index (χ0n) is 15.3. The fraction of sp³-hybridized carbons (Fsp3) is 0.550. The van der Waals surface area contributed by atoms with Gasteiger partial charge in [0.1, 0.15) is 0 Å². The van der Waals surface area contributed by atoms with Crippen molar-refractivity contribution in [2.45, 2.75) is 57.4 Å². The van der Waals surface area contributed by atoms with E-state index in [0.29, 0.717) is 17.9 Å². The number of amides is 2. The second-order valence-electron chi connectivity index (χ2n) is 6.94. The normalized spacial score (nSPS) is 16.7. The summed E-state index contributed by atoms with van der Waals surface area (Å²) in [6.45, 7) is 1.49. The molecule has 1 unspecified atom stereocenters. The second kappa shape index (κ2) is 9.36. The SMILES string of the molecule is CCC(NC(=O)CNC(=O)CCC1CCCC1)(C(=O)O)c1ccccc1. The minimum absolute atomic E-state index is 0.163. The molecule has 1 fully saturated rings. The predicted molar refractivity (Wildman–Crippen MR) is 98.4 cm³/mol. The number of carboxylic acids is 1. The molecule has 2 amide bonds. The van der Waals surface area contributed by atoms with E-state index in [0.717, 1.165) is 6.42 Å². The van der Waals surface area contributed by atoms with E-state index >= 15 is 0 Å². The third-order valence-corrected chi connectivity index (χ3v) is 5.22. The zero-order valence-corrected chi connectivity index (χ0v) is 15.3. The van der Waals surface area contributed by atoms with Crippen LogP contribution in [0.1, 0.15) is 57.4 Å². The van der Waals surface area contributed by atoms with Crippen molar-refractivity contribution in [1.29, 1.82) is 0 Å². The van der Waals surface area contributed by atoms with Crippen LogP contribution in [-0.4, -0.2) is 29.4 Å². The van der Waals surface area contributed by atoms with Gasteiger partial charge in [-0.3, -0.25) is 9.59 Å². The Kier molecular flexibility index (Phi) is 7.18. The van der Waals surface area contributed by atoms with E-state index in [1.54, 1.807) is 37.3 Å². The predicted octanol–water partition coefficient (Wildman–Crippen LogP) is 2.58. The van der Waals surface area contributed by atoms with Crippen LogP contribution in [0.2, 0.25) is 0 Å². The molecule has 1 aliphatic carbocycles. The van der Waals surface area contributed by atoms with E-state index in [4.69, 9.17) is 0 Å². The van der Waals surface area contributed by atoms with Crippen molar-refractivity contribution in [3.8, 4) is 0 Å². The minimum Gasteiger partial charge on any atom is -0.479 e. The summed E-state index contributed by atoms with van der Waals surface area (Å²) in [5, 5.41) is 14.9. The maximum absolute atomic E-state index is 12.3. The number of hydrogen-bond acceptors (Lipinski definition) is 3. The van der Waals surface area contributed by atoms with Gasteiger partial charge in [0.2, 0.25) is 11.8 Å².